The van der Waals surface area contributed by atoms with Crippen molar-refractivity contribution >= 4 is 21.9 Å². The summed E-state index contributed by atoms with van der Waals surface area (Å²) in [4.78, 5) is 23.2. The highest BCUT2D eigenvalue weighted by Crippen LogP contribution is 2.22. The zero-order valence-corrected chi connectivity index (χ0v) is 14.5. The maximum Gasteiger partial charge on any atom is 0.341 e. The van der Waals surface area contributed by atoms with Gasteiger partial charge in [0.1, 0.15) is 5.82 Å². The summed E-state index contributed by atoms with van der Waals surface area (Å²) in [5.41, 5.74) is -0.591. The van der Waals surface area contributed by atoms with Crippen LogP contribution in [-0.2, 0) is 19.6 Å². The monoisotopic (exact) mass is 372 g/mol. The van der Waals surface area contributed by atoms with Crippen molar-refractivity contribution in [3.8, 4) is 0 Å². The topological polar surface area (TPSA) is 116 Å². The highest BCUT2D eigenvalue weighted by atomic mass is 32.2. The maximum absolute atomic E-state index is 13.7. The number of hydrogen-bond acceptors (Lipinski definition) is 5. The number of carbonyl (C=O) groups excluding carboxylic acids is 2. The fourth-order valence-corrected chi connectivity index (χ4v) is 3.29. The number of halogens is 1. The summed E-state index contributed by atoms with van der Waals surface area (Å²) in [5, 5.41) is 7.63. The van der Waals surface area contributed by atoms with Crippen molar-refractivity contribution in [3.63, 3.8) is 0 Å². The first kappa shape index (κ1) is 19.3. The minimum Gasteiger partial charge on any atom is -0.452 e. The van der Waals surface area contributed by atoms with Crippen molar-refractivity contribution in [2.24, 2.45) is 11.1 Å². The molecule has 1 aromatic carbocycles. The van der Waals surface area contributed by atoms with E-state index in [0.717, 1.165) is 43.9 Å². The van der Waals surface area contributed by atoms with E-state index in [9.17, 15) is 22.4 Å². The third kappa shape index (κ3) is 5.79. The van der Waals surface area contributed by atoms with Crippen LogP contribution in [-0.4, -0.2) is 33.4 Å². The Kier molecular flexibility index (Phi) is 6.49. The van der Waals surface area contributed by atoms with Crippen molar-refractivity contribution in [1.82, 2.24) is 5.32 Å². The summed E-state index contributed by atoms with van der Waals surface area (Å²) in [6, 6.07) is 2.53. The smallest absolute Gasteiger partial charge is 0.341 e. The summed E-state index contributed by atoms with van der Waals surface area (Å²) < 4.78 is 41.0. The lowest BCUT2D eigenvalue weighted by atomic mass is 9.89. The van der Waals surface area contributed by atoms with Gasteiger partial charge in [-0.3, -0.25) is 4.79 Å². The Bertz CT molecular complexity index is 745. The SMILES string of the molecule is NS(=O)(=O)c1ccc(F)c(C(=O)OCC(=O)NCC2CCCCC2)c1. The molecule has 0 heterocycles. The number of ether oxygens (including phenoxy) is 1. The molecule has 1 aromatic rings. The van der Waals surface area contributed by atoms with Crippen molar-refractivity contribution in [1.29, 1.82) is 0 Å². The number of benzene rings is 1. The Hall–Kier alpha value is -2.00. The molecule has 2 rings (SSSR count). The lowest BCUT2D eigenvalue weighted by Gasteiger charge is -2.21. The average molecular weight is 372 g/mol. The minimum atomic E-state index is -4.08. The van der Waals surface area contributed by atoms with E-state index in [4.69, 9.17) is 9.88 Å². The number of sulfonamides is 1. The van der Waals surface area contributed by atoms with Gasteiger partial charge in [-0.2, -0.15) is 0 Å². The van der Waals surface area contributed by atoms with Gasteiger partial charge in [-0.15, -0.1) is 0 Å². The van der Waals surface area contributed by atoms with Gasteiger partial charge in [0.05, 0.1) is 10.5 Å². The van der Waals surface area contributed by atoms with Crippen LogP contribution in [0.3, 0.4) is 0 Å². The van der Waals surface area contributed by atoms with E-state index < -0.39 is 44.8 Å². The number of carbonyl (C=O) groups is 2. The third-order valence-electron chi connectivity index (χ3n) is 4.13. The van der Waals surface area contributed by atoms with E-state index in [-0.39, 0.29) is 0 Å². The van der Waals surface area contributed by atoms with Gasteiger partial charge in [0, 0.05) is 6.54 Å². The van der Waals surface area contributed by atoms with Crippen LogP contribution in [0.2, 0.25) is 0 Å². The van der Waals surface area contributed by atoms with Crippen molar-refractivity contribution in [2.45, 2.75) is 37.0 Å². The third-order valence-corrected chi connectivity index (χ3v) is 5.04. The summed E-state index contributed by atoms with van der Waals surface area (Å²) in [6.45, 7) is -0.0454. The first-order valence-electron chi connectivity index (χ1n) is 8.03. The molecule has 9 heteroatoms. The largest absolute Gasteiger partial charge is 0.452 e. The second-order valence-corrected chi connectivity index (χ2v) is 7.63. The predicted octanol–water partition coefficient (Wildman–Crippen LogP) is 1.33. The molecule has 138 valence electrons. The van der Waals surface area contributed by atoms with Crippen LogP contribution < -0.4 is 10.5 Å². The molecule has 0 bridgehead atoms. The fourth-order valence-electron chi connectivity index (χ4n) is 2.75. The molecular weight excluding hydrogens is 351 g/mol. The van der Waals surface area contributed by atoms with Gasteiger partial charge in [0.15, 0.2) is 6.61 Å². The molecule has 0 spiro atoms. The number of primary sulfonamides is 1. The molecular formula is C16H21FN2O5S. The van der Waals surface area contributed by atoms with Crippen LogP contribution in [0.5, 0.6) is 0 Å². The molecule has 0 radical (unpaired) electrons. The second kappa shape index (κ2) is 8.39. The molecule has 0 unspecified atom stereocenters. The van der Waals surface area contributed by atoms with Crippen LogP contribution in [0.25, 0.3) is 0 Å². The second-order valence-electron chi connectivity index (χ2n) is 6.07. The van der Waals surface area contributed by atoms with E-state index in [1.165, 1.54) is 6.42 Å². The molecule has 0 aromatic heterocycles. The summed E-state index contributed by atoms with van der Waals surface area (Å²) in [5.74, 6) is -2.14. The minimum absolute atomic E-state index is 0.414. The average Bonchev–Trinajstić information content (AvgIpc) is 2.58. The molecule has 1 aliphatic rings. The quantitative estimate of drug-likeness (QED) is 0.731. The van der Waals surface area contributed by atoms with E-state index in [2.05, 4.69) is 5.32 Å². The van der Waals surface area contributed by atoms with E-state index in [1.807, 2.05) is 0 Å². The van der Waals surface area contributed by atoms with Crippen LogP contribution in [0.4, 0.5) is 4.39 Å². The maximum atomic E-state index is 13.7. The summed E-state index contributed by atoms with van der Waals surface area (Å²) >= 11 is 0. The molecule has 0 aliphatic heterocycles. The van der Waals surface area contributed by atoms with Gasteiger partial charge in [0.25, 0.3) is 5.91 Å². The van der Waals surface area contributed by atoms with Crippen molar-refractivity contribution in [3.05, 3.63) is 29.6 Å². The first-order valence-corrected chi connectivity index (χ1v) is 9.58. The molecule has 0 saturated heterocycles. The molecule has 1 fully saturated rings. The van der Waals surface area contributed by atoms with E-state index in [1.54, 1.807) is 0 Å². The number of nitrogens with one attached hydrogen (secondary N) is 1. The van der Waals surface area contributed by atoms with Gasteiger partial charge < -0.3 is 10.1 Å². The van der Waals surface area contributed by atoms with Crippen LogP contribution >= 0.6 is 0 Å². The molecule has 0 atom stereocenters. The molecule has 1 amide bonds. The Labute approximate surface area is 145 Å². The summed E-state index contributed by atoms with van der Waals surface area (Å²) in [6.07, 6.45) is 5.63. The number of rotatable bonds is 6. The number of hydrogen-bond donors (Lipinski definition) is 2. The normalized spacial score (nSPS) is 15.6. The van der Waals surface area contributed by atoms with Gasteiger partial charge in [-0.1, -0.05) is 19.3 Å². The van der Waals surface area contributed by atoms with Gasteiger partial charge >= 0.3 is 5.97 Å². The predicted molar refractivity (Wildman–Crippen MR) is 87.6 cm³/mol. The molecule has 1 aliphatic carbocycles. The standard InChI is InChI=1S/C16H21FN2O5S/c17-14-7-6-12(25(18,22)23)8-13(14)16(21)24-10-15(20)19-9-11-4-2-1-3-5-11/h6-8,11H,1-5,9-10H2,(H,19,20)(H2,18,22,23). The van der Waals surface area contributed by atoms with Gasteiger partial charge in [-0.05, 0) is 37.0 Å². The highest BCUT2D eigenvalue weighted by Gasteiger charge is 2.19. The van der Waals surface area contributed by atoms with Crippen LogP contribution in [0, 0.1) is 11.7 Å². The number of nitrogens with two attached hydrogens (primary N) is 1. The molecule has 1 saturated carbocycles. The number of amides is 1. The Morgan fingerprint density at radius 3 is 2.56 bits per heavy atom. The van der Waals surface area contributed by atoms with Gasteiger partial charge in [-0.25, -0.2) is 22.7 Å². The highest BCUT2D eigenvalue weighted by molar-refractivity contribution is 7.89. The molecule has 7 nitrogen and oxygen atoms in total. The Morgan fingerprint density at radius 1 is 1.24 bits per heavy atom. The van der Waals surface area contributed by atoms with Gasteiger partial charge in [0.2, 0.25) is 10.0 Å². The molecule has 3 N–H and O–H groups in total. The van der Waals surface area contributed by atoms with Crippen molar-refractivity contribution < 1.29 is 27.1 Å². The number of esters is 1. The summed E-state index contributed by atoms with van der Waals surface area (Å²) in [7, 11) is -4.08. The lowest BCUT2D eigenvalue weighted by Crippen LogP contribution is -2.33. The lowest BCUT2D eigenvalue weighted by molar-refractivity contribution is -0.124. The van der Waals surface area contributed by atoms with Crippen LogP contribution in [0.1, 0.15) is 42.5 Å². The zero-order valence-electron chi connectivity index (χ0n) is 13.7. The Balaban J connectivity index is 1.88. The fraction of sp³-hybridized carbons (Fsp3) is 0.500. The van der Waals surface area contributed by atoms with E-state index in [0.29, 0.717) is 12.5 Å². The zero-order chi connectivity index (χ0) is 18.4. The molecule has 25 heavy (non-hydrogen) atoms. The first-order chi connectivity index (χ1) is 11.8. The Morgan fingerprint density at radius 2 is 1.92 bits per heavy atom. The van der Waals surface area contributed by atoms with E-state index >= 15 is 0 Å². The van der Waals surface area contributed by atoms with Crippen molar-refractivity contribution in [2.75, 3.05) is 13.2 Å². The van der Waals surface area contributed by atoms with Crippen LogP contribution in [0.15, 0.2) is 23.1 Å².